The van der Waals surface area contributed by atoms with Gasteiger partial charge in [0.05, 0.1) is 25.9 Å². The Bertz CT molecular complexity index is 484. The summed E-state index contributed by atoms with van der Waals surface area (Å²) in [4.78, 5) is 11.5. The second kappa shape index (κ2) is 7.57. The molecule has 0 aromatic heterocycles. The summed E-state index contributed by atoms with van der Waals surface area (Å²) in [5.74, 6) is 0.815. The van der Waals surface area contributed by atoms with Crippen LogP contribution in [-0.2, 0) is 16.1 Å². The minimum absolute atomic E-state index is 0.0519. The number of carbonyl (C=O) groups excluding carboxylic acids is 1. The molecule has 0 aliphatic heterocycles. The Morgan fingerprint density at radius 2 is 2.00 bits per heavy atom. The zero-order chi connectivity index (χ0) is 15.2. The lowest BCUT2D eigenvalue weighted by atomic mass is 9.95. The van der Waals surface area contributed by atoms with E-state index in [9.17, 15) is 4.79 Å². The molecular weight excluding hydrogens is 268 g/mol. The van der Waals surface area contributed by atoms with Gasteiger partial charge in [-0.1, -0.05) is 0 Å². The van der Waals surface area contributed by atoms with Crippen molar-refractivity contribution in [2.24, 2.45) is 0 Å². The number of rotatable bonds is 6. The molecular formula is C17H24O4. The van der Waals surface area contributed by atoms with E-state index in [4.69, 9.17) is 14.2 Å². The first-order valence-corrected chi connectivity index (χ1v) is 7.46. The molecule has 1 aliphatic rings. The summed E-state index contributed by atoms with van der Waals surface area (Å²) in [6, 6.07) is 5.47. The molecule has 1 aromatic carbocycles. The van der Waals surface area contributed by atoms with Crippen LogP contribution in [0.25, 0.3) is 0 Å². The maximum atomic E-state index is 11.5. The van der Waals surface area contributed by atoms with E-state index in [-0.39, 0.29) is 11.9 Å². The van der Waals surface area contributed by atoms with Crippen molar-refractivity contribution in [1.29, 1.82) is 0 Å². The van der Waals surface area contributed by atoms with Gasteiger partial charge in [-0.25, -0.2) is 0 Å². The van der Waals surface area contributed by atoms with Gasteiger partial charge >= 0.3 is 0 Å². The standard InChI is InChI=1S/C17H24O4/c1-12(18)13-7-8-17(20-3)14(9-13)11-21-16-6-4-5-15(10-16)19-2/h7-9,15-16H,4-6,10-11H2,1-3H3. The molecule has 2 atom stereocenters. The fraction of sp³-hybridized carbons (Fsp3) is 0.588. The molecule has 0 N–H and O–H groups in total. The third kappa shape index (κ3) is 4.29. The fourth-order valence-electron chi connectivity index (χ4n) is 2.79. The molecule has 4 heteroatoms. The molecule has 1 aromatic rings. The Morgan fingerprint density at radius 3 is 2.67 bits per heavy atom. The first-order chi connectivity index (χ1) is 10.1. The van der Waals surface area contributed by atoms with E-state index in [0.29, 0.717) is 18.3 Å². The molecule has 0 bridgehead atoms. The summed E-state index contributed by atoms with van der Waals surface area (Å²) in [7, 11) is 3.39. The van der Waals surface area contributed by atoms with Crippen LogP contribution in [0.5, 0.6) is 5.75 Å². The first-order valence-electron chi connectivity index (χ1n) is 7.46. The van der Waals surface area contributed by atoms with Crippen LogP contribution in [0.15, 0.2) is 18.2 Å². The van der Waals surface area contributed by atoms with Gasteiger partial charge in [-0.2, -0.15) is 0 Å². The predicted molar refractivity (Wildman–Crippen MR) is 80.8 cm³/mol. The van der Waals surface area contributed by atoms with E-state index < -0.39 is 0 Å². The zero-order valence-electron chi connectivity index (χ0n) is 13.1. The maximum absolute atomic E-state index is 11.5. The topological polar surface area (TPSA) is 44.8 Å². The minimum atomic E-state index is 0.0519. The van der Waals surface area contributed by atoms with Gasteiger partial charge in [0.2, 0.25) is 0 Å². The second-order valence-electron chi connectivity index (χ2n) is 5.54. The van der Waals surface area contributed by atoms with E-state index in [0.717, 1.165) is 37.0 Å². The van der Waals surface area contributed by atoms with Gasteiger partial charge in [-0.3, -0.25) is 4.79 Å². The maximum Gasteiger partial charge on any atom is 0.159 e. The van der Waals surface area contributed by atoms with Crippen LogP contribution >= 0.6 is 0 Å². The van der Waals surface area contributed by atoms with Gasteiger partial charge in [0.1, 0.15) is 5.75 Å². The number of hydrogen-bond acceptors (Lipinski definition) is 4. The first kappa shape index (κ1) is 16.0. The number of ketones is 1. The molecule has 2 unspecified atom stereocenters. The molecule has 4 nitrogen and oxygen atoms in total. The predicted octanol–water partition coefficient (Wildman–Crippen LogP) is 3.37. The minimum Gasteiger partial charge on any atom is -0.496 e. The number of hydrogen-bond donors (Lipinski definition) is 0. The second-order valence-corrected chi connectivity index (χ2v) is 5.54. The molecule has 1 saturated carbocycles. The van der Waals surface area contributed by atoms with Crippen molar-refractivity contribution in [1.82, 2.24) is 0 Å². The molecule has 21 heavy (non-hydrogen) atoms. The molecule has 116 valence electrons. The number of Topliss-reactive ketones (excluding diaryl/α,β-unsaturated/α-hetero) is 1. The van der Waals surface area contributed by atoms with E-state index in [1.165, 1.54) is 0 Å². The van der Waals surface area contributed by atoms with E-state index >= 15 is 0 Å². The third-order valence-corrected chi connectivity index (χ3v) is 4.07. The summed E-state index contributed by atoms with van der Waals surface area (Å²) in [5.41, 5.74) is 1.61. The van der Waals surface area contributed by atoms with Gasteiger partial charge in [-0.15, -0.1) is 0 Å². The van der Waals surface area contributed by atoms with E-state index in [1.807, 2.05) is 12.1 Å². The van der Waals surface area contributed by atoms with E-state index in [2.05, 4.69) is 0 Å². The summed E-state index contributed by atoms with van der Waals surface area (Å²) >= 11 is 0. The molecule has 0 heterocycles. The number of ether oxygens (including phenoxy) is 3. The number of carbonyl (C=O) groups is 1. The molecule has 0 saturated heterocycles. The highest BCUT2D eigenvalue weighted by Crippen LogP contribution is 2.26. The Kier molecular flexibility index (Phi) is 5.76. The highest BCUT2D eigenvalue weighted by Gasteiger charge is 2.22. The highest BCUT2D eigenvalue weighted by molar-refractivity contribution is 5.94. The summed E-state index contributed by atoms with van der Waals surface area (Å²) in [6.07, 6.45) is 4.76. The lowest BCUT2D eigenvalue weighted by Gasteiger charge is -2.28. The van der Waals surface area contributed by atoms with Crippen molar-refractivity contribution in [3.63, 3.8) is 0 Å². The molecule has 1 fully saturated rings. The monoisotopic (exact) mass is 292 g/mol. The summed E-state index contributed by atoms with van der Waals surface area (Å²) in [5, 5.41) is 0. The van der Waals surface area contributed by atoms with Crippen LogP contribution in [0.2, 0.25) is 0 Å². The van der Waals surface area contributed by atoms with Crippen molar-refractivity contribution >= 4 is 5.78 Å². The fourth-order valence-corrected chi connectivity index (χ4v) is 2.79. The quantitative estimate of drug-likeness (QED) is 0.754. The van der Waals surface area contributed by atoms with E-state index in [1.54, 1.807) is 27.2 Å². The van der Waals surface area contributed by atoms with Gasteiger partial charge in [0, 0.05) is 18.2 Å². The summed E-state index contributed by atoms with van der Waals surface area (Å²) in [6.45, 7) is 2.03. The van der Waals surface area contributed by atoms with Crippen LogP contribution < -0.4 is 4.74 Å². The van der Waals surface area contributed by atoms with Crippen molar-refractivity contribution in [3.05, 3.63) is 29.3 Å². The van der Waals surface area contributed by atoms with Gasteiger partial charge < -0.3 is 14.2 Å². The molecule has 0 amide bonds. The molecule has 1 aliphatic carbocycles. The number of benzene rings is 1. The lowest BCUT2D eigenvalue weighted by Crippen LogP contribution is -2.27. The Morgan fingerprint density at radius 1 is 1.24 bits per heavy atom. The lowest BCUT2D eigenvalue weighted by molar-refractivity contribution is -0.0367. The van der Waals surface area contributed by atoms with Crippen LogP contribution in [0.3, 0.4) is 0 Å². The van der Waals surface area contributed by atoms with Gasteiger partial charge in [0.15, 0.2) is 5.78 Å². The average molecular weight is 292 g/mol. The van der Waals surface area contributed by atoms with Crippen molar-refractivity contribution in [2.45, 2.75) is 51.4 Å². The Balaban J connectivity index is 2.01. The Hall–Kier alpha value is -1.39. The zero-order valence-corrected chi connectivity index (χ0v) is 13.1. The molecule has 0 radical (unpaired) electrons. The van der Waals surface area contributed by atoms with Crippen LogP contribution in [0.1, 0.15) is 48.5 Å². The van der Waals surface area contributed by atoms with Gasteiger partial charge in [0.25, 0.3) is 0 Å². The van der Waals surface area contributed by atoms with Gasteiger partial charge in [-0.05, 0) is 50.8 Å². The molecule has 0 spiro atoms. The van der Waals surface area contributed by atoms with Crippen LogP contribution in [0, 0.1) is 0 Å². The summed E-state index contributed by atoms with van der Waals surface area (Å²) < 4.78 is 16.8. The van der Waals surface area contributed by atoms with Crippen molar-refractivity contribution in [2.75, 3.05) is 14.2 Å². The van der Waals surface area contributed by atoms with Crippen molar-refractivity contribution in [3.8, 4) is 5.75 Å². The Labute approximate surface area is 126 Å². The molecule has 2 rings (SSSR count). The SMILES string of the molecule is COc1ccc(C(C)=O)cc1COC1CCCC(OC)C1. The third-order valence-electron chi connectivity index (χ3n) is 4.07. The van der Waals surface area contributed by atoms with Crippen molar-refractivity contribution < 1.29 is 19.0 Å². The largest absolute Gasteiger partial charge is 0.496 e. The number of methoxy groups -OCH3 is 2. The normalized spacial score (nSPS) is 22.0. The average Bonchev–Trinajstić information content (AvgIpc) is 2.52. The van der Waals surface area contributed by atoms with Crippen LogP contribution in [0.4, 0.5) is 0 Å². The van der Waals surface area contributed by atoms with Crippen LogP contribution in [-0.4, -0.2) is 32.2 Å². The smallest absolute Gasteiger partial charge is 0.159 e. The highest BCUT2D eigenvalue weighted by atomic mass is 16.5.